The van der Waals surface area contributed by atoms with E-state index in [0.717, 1.165) is 0 Å². The summed E-state index contributed by atoms with van der Waals surface area (Å²) in [4.78, 5) is 0. The van der Waals surface area contributed by atoms with Gasteiger partial charge in [0.2, 0.25) is 0 Å². The molecule has 0 radical (unpaired) electrons. The van der Waals surface area contributed by atoms with E-state index in [4.69, 9.17) is 10.2 Å². The van der Waals surface area contributed by atoms with Crippen molar-refractivity contribution in [3.8, 4) is 0 Å². The summed E-state index contributed by atoms with van der Waals surface area (Å²) in [6.45, 7) is 4.06. The number of furan rings is 1. The maximum Gasteiger partial charge on any atom is 0.157 e. The Hall–Kier alpha value is -0.810. The first-order chi connectivity index (χ1) is 6.93. The van der Waals surface area contributed by atoms with E-state index < -0.39 is 9.84 Å². The van der Waals surface area contributed by atoms with Crippen LogP contribution in [0.2, 0.25) is 0 Å². The highest BCUT2D eigenvalue weighted by Crippen LogP contribution is 2.13. The van der Waals surface area contributed by atoms with Crippen molar-refractivity contribution in [1.29, 1.82) is 0 Å². The van der Waals surface area contributed by atoms with Crippen molar-refractivity contribution in [1.82, 2.24) is 0 Å². The van der Waals surface area contributed by atoms with Crippen LogP contribution in [0.1, 0.15) is 25.4 Å². The molecule has 86 valence electrons. The average molecular weight is 231 g/mol. The number of rotatable bonds is 5. The zero-order valence-corrected chi connectivity index (χ0v) is 9.88. The van der Waals surface area contributed by atoms with Crippen LogP contribution in [0.4, 0.5) is 0 Å². The number of hydrogen-bond donors (Lipinski definition) is 1. The molecule has 0 bridgehead atoms. The molecule has 5 heteroatoms. The largest absolute Gasteiger partial charge is 0.464 e. The van der Waals surface area contributed by atoms with Crippen molar-refractivity contribution >= 4 is 9.84 Å². The minimum absolute atomic E-state index is 0.0365. The van der Waals surface area contributed by atoms with Gasteiger partial charge in [-0.25, -0.2) is 8.42 Å². The smallest absolute Gasteiger partial charge is 0.157 e. The van der Waals surface area contributed by atoms with Gasteiger partial charge < -0.3 is 10.2 Å². The van der Waals surface area contributed by atoms with Crippen LogP contribution in [0, 0.1) is 5.92 Å². The van der Waals surface area contributed by atoms with Crippen LogP contribution in [0.5, 0.6) is 0 Å². The lowest BCUT2D eigenvalue weighted by atomic mass is 10.3. The van der Waals surface area contributed by atoms with Gasteiger partial charge in [-0.15, -0.1) is 0 Å². The molecule has 0 aliphatic heterocycles. The molecule has 4 nitrogen and oxygen atoms in total. The van der Waals surface area contributed by atoms with Crippen molar-refractivity contribution in [2.45, 2.75) is 26.1 Å². The second kappa shape index (κ2) is 4.81. The number of nitrogens with two attached hydrogens (primary N) is 1. The predicted molar refractivity (Wildman–Crippen MR) is 58.9 cm³/mol. The molecule has 1 aromatic rings. The fourth-order valence-corrected chi connectivity index (χ4v) is 3.12. The molecule has 0 atom stereocenters. The summed E-state index contributed by atoms with van der Waals surface area (Å²) in [6.07, 6.45) is 0. The quantitative estimate of drug-likeness (QED) is 0.829. The molecule has 0 spiro atoms. The molecule has 1 heterocycles. The highest BCUT2D eigenvalue weighted by molar-refractivity contribution is 7.90. The fraction of sp³-hybridized carbons (Fsp3) is 0.600. The minimum Gasteiger partial charge on any atom is -0.464 e. The van der Waals surface area contributed by atoms with Crippen LogP contribution in [0.15, 0.2) is 16.5 Å². The lowest BCUT2D eigenvalue weighted by Crippen LogP contribution is -2.13. The van der Waals surface area contributed by atoms with Crippen LogP contribution in [-0.2, 0) is 22.1 Å². The molecule has 0 fully saturated rings. The predicted octanol–water partition coefficient (Wildman–Crippen LogP) is 1.31. The SMILES string of the molecule is CC(C)CS(=O)(=O)Cc1ccc(CN)o1. The summed E-state index contributed by atoms with van der Waals surface area (Å²) < 4.78 is 28.5. The Labute approximate surface area is 90.4 Å². The van der Waals surface area contributed by atoms with Crippen molar-refractivity contribution in [2.75, 3.05) is 5.75 Å². The Kier molecular flexibility index (Phi) is 3.93. The van der Waals surface area contributed by atoms with E-state index in [1.165, 1.54) is 0 Å². The Balaban J connectivity index is 2.69. The zero-order valence-electron chi connectivity index (χ0n) is 9.06. The third-order valence-electron chi connectivity index (χ3n) is 1.87. The topological polar surface area (TPSA) is 73.3 Å². The van der Waals surface area contributed by atoms with Crippen molar-refractivity contribution in [3.05, 3.63) is 23.7 Å². The van der Waals surface area contributed by atoms with Crippen LogP contribution >= 0.6 is 0 Å². The van der Waals surface area contributed by atoms with E-state index >= 15 is 0 Å². The molecule has 1 rings (SSSR count). The Morgan fingerprint density at radius 2 is 1.93 bits per heavy atom. The Bertz CT molecular complexity index is 406. The van der Waals surface area contributed by atoms with Crippen LogP contribution in [0.3, 0.4) is 0 Å². The Morgan fingerprint density at radius 3 is 2.40 bits per heavy atom. The highest BCUT2D eigenvalue weighted by atomic mass is 32.2. The third-order valence-corrected chi connectivity index (χ3v) is 3.77. The normalized spacial score (nSPS) is 12.3. The van der Waals surface area contributed by atoms with Crippen molar-refractivity contribution in [2.24, 2.45) is 11.7 Å². The van der Waals surface area contributed by atoms with Gasteiger partial charge >= 0.3 is 0 Å². The maximum atomic E-state index is 11.6. The van der Waals surface area contributed by atoms with Crippen LogP contribution in [0.25, 0.3) is 0 Å². The van der Waals surface area contributed by atoms with Crippen LogP contribution < -0.4 is 5.73 Å². The summed E-state index contributed by atoms with van der Waals surface area (Å²) in [5.41, 5.74) is 5.36. The molecule has 0 amide bonds. The van der Waals surface area contributed by atoms with Gasteiger partial charge in [0.25, 0.3) is 0 Å². The molecule has 0 aromatic carbocycles. The fourth-order valence-electron chi connectivity index (χ4n) is 1.39. The van der Waals surface area contributed by atoms with Gasteiger partial charge in [-0.2, -0.15) is 0 Å². The van der Waals surface area contributed by atoms with E-state index in [-0.39, 0.29) is 17.4 Å². The molecular formula is C10H17NO3S. The lowest BCUT2D eigenvalue weighted by Gasteiger charge is -2.04. The molecule has 0 aliphatic carbocycles. The molecule has 0 aliphatic rings. The van der Waals surface area contributed by atoms with E-state index in [2.05, 4.69) is 0 Å². The second-order valence-electron chi connectivity index (χ2n) is 4.02. The molecular weight excluding hydrogens is 214 g/mol. The molecule has 15 heavy (non-hydrogen) atoms. The van der Waals surface area contributed by atoms with Gasteiger partial charge in [0.1, 0.15) is 17.3 Å². The summed E-state index contributed by atoms with van der Waals surface area (Å²) in [5, 5.41) is 0. The van der Waals surface area contributed by atoms with Crippen LogP contribution in [-0.4, -0.2) is 14.2 Å². The molecule has 0 saturated heterocycles. The summed E-state index contributed by atoms with van der Waals surface area (Å²) in [5.74, 6) is 1.37. The van der Waals surface area contributed by atoms with Gasteiger partial charge in [-0.3, -0.25) is 0 Å². The Morgan fingerprint density at radius 1 is 1.33 bits per heavy atom. The van der Waals surface area contributed by atoms with Gasteiger partial charge in [0.05, 0.1) is 12.3 Å². The summed E-state index contributed by atoms with van der Waals surface area (Å²) in [6, 6.07) is 3.38. The zero-order chi connectivity index (χ0) is 11.5. The van der Waals surface area contributed by atoms with E-state index in [1.54, 1.807) is 12.1 Å². The molecule has 2 N–H and O–H groups in total. The average Bonchev–Trinajstić information content (AvgIpc) is 2.48. The van der Waals surface area contributed by atoms with Gasteiger partial charge in [-0.1, -0.05) is 13.8 Å². The molecule has 1 aromatic heterocycles. The number of sulfone groups is 1. The van der Waals surface area contributed by atoms with E-state index in [1.807, 2.05) is 13.8 Å². The summed E-state index contributed by atoms with van der Waals surface area (Å²) >= 11 is 0. The van der Waals surface area contributed by atoms with Gasteiger partial charge in [-0.05, 0) is 18.1 Å². The first kappa shape index (κ1) is 12.3. The van der Waals surface area contributed by atoms with E-state index in [9.17, 15) is 8.42 Å². The maximum absolute atomic E-state index is 11.6. The third kappa shape index (κ3) is 4.05. The second-order valence-corrected chi connectivity index (χ2v) is 6.13. The molecule has 0 unspecified atom stereocenters. The standard InChI is InChI=1S/C10H17NO3S/c1-8(2)6-15(12,13)7-10-4-3-9(5-11)14-10/h3-4,8H,5-7,11H2,1-2H3. The number of hydrogen-bond acceptors (Lipinski definition) is 4. The first-order valence-corrected chi connectivity index (χ1v) is 6.73. The monoisotopic (exact) mass is 231 g/mol. The first-order valence-electron chi connectivity index (χ1n) is 4.91. The van der Waals surface area contributed by atoms with Crippen molar-refractivity contribution < 1.29 is 12.8 Å². The van der Waals surface area contributed by atoms with Gasteiger partial charge in [0.15, 0.2) is 9.84 Å². The lowest BCUT2D eigenvalue weighted by molar-refractivity contribution is 0.477. The highest BCUT2D eigenvalue weighted by Gasteiger charge is 2.16. The summed E-state index contributed by atoms with van der Waals surface area (Å²) in [7, 11) is -3.06. The van der Waals surface area contributed by atoms with Crippen molar-refractivity contribution in [3.63, 3.8) is 0 Å². The molecule has 0 saturated carbocycles. The minimum atomic E-state index is -3.06. The van der Waals surface area contributed by atoms with Gasteiger partial charge in [0, 0.05) is 0 Å². The van der Waals surface area contributed by atoms with E-state index in [0.29, 0.717) is 18.1 Å².